The van der Waals surface area contributed by atoms with Gasteiger partial charge in [-0.15, -0.1) is 0 Å². The van der Waals surface area contributed by atoms with Crippen molar-refractivity contribution in [1.29, 1.82) is 0 Å². The van der Waals surface area contributed by atoms with Gasteiger partial charge in [0.1, 0.15) is 17.7 Å². The minimum atomic E-state index is -0.667. The van der Waals surface area contributed by atoms with Crippen LogP contribution in [0.4, 0.5) is 0 Å². The summed E-state index contributed by atoms with van der Waals surface area (Å²) in [5, 5.41) is 1.48. The number of rotatable bonds is 5. The lowest BCUT2D eigenvalue weighted by molar-refractivity contribution is -0.220. The minimum absolute atomic E-state index is 0.205. The largest absolute Gasteiger partial charge is 0.459 e. The van der Waals surface area contributed by atoms with Crippen LogP contribution < -0.4 is 0 Å². The molecule has 0 aromatic rings. The van der Waals surface area contributed by atoms with E-state index in [9.17, 15) is 14.4 Å². The Morgan fingerprint density at radius 2 is 2.04 bits per heavy atom. The third-order valence-corrected chi connectivity index (χ3v) is 2.85. The molecule has 0 spiro atoms. The van der Waals surface area contributed by atoms with Crippen LogP contribution in [0.3, 0.4) is 0 Å². The van der Waals surface area contributed by atoms with Gasteiger partial charge >= 0.3 is 11.9 Å². The molecular weight excluding hydrogens is 302 g/mol. The minimum Gasteiger partial charge on any atom is -0.459 e. The van der Waals surface area contributed by atoms with Crippen LogP contribution in [0.1, 0.15) is 40.5 Å². The van der Waals surface area contributed by atoms with E-state index >= 15 is 0 Å². The predicted molar refractivity (Wildman–Crippen MR) is 81.6 cm³/mol. The second-order valence-corrected chi connectivity index (χ2v) is 6.32. The molecule has 1 unspecified atom stereocenters. The molecule has 1 rings (SSSR count). The summed E-state index contributed by atoms with van der Waals surface area (Å²) in [6.45, 7) is 10.4. The zero-order chi connectivity index (χ0) is 17.6. The quantitative estimate of drug-likeness (QED) is 0.431. The second kappa shape index (κ2) is 7.94. The van der Waals surface area contributed by atoms with E-state index in [2.05, 4.69) is 6.58 Å². The number of esters is 2. The molecule has 0 radical (unpaired) electrons. The van der Waals surface area contributed by atoms with E-state index in [1.54, 1.807) is 0 Å². The topological polar surface area (TPSA) is 82.1 Å². The molecule has 128 valence electrons. The van der Waals surface area contributed by atoms with Crippen molar-refractivity contribution in [2.45, 2.75) is 52.2 Å². The van der Waals surface area contributed by atoms with Crippen LogP contribution in [0.15, 0.2) is 17.8 Å². The highest BCUT2D eigenvalue weighted by Gasteiger charge is 2.30. The second-order valence-electron chi connectivity index (χ2n) is 6.32. The number of piperidine rings is 1. The molecule has 0 saturated carbocycles. The average molecular weight is 325 g/mol. The number of carbonyl (C=O) groups is 2. The third kappa shape index (κ3) is 6.67. The molecular formula is C16H23NO6. The van der Waals surface area contributed by atoms with Gasteiger partial charge in [0.05, 0.1) is 5.60 Å². The van der Waals surface area contributed by atoms with Crippen molar-refractivity contribution in [3.63, 3.8) is 0 Å². The lowest BCUT2D eigenvalue weighted by Gasteiger charge is -2.36. The highest BCUT2D eigenvalue weighted by molar-refractivity contribution is 5.88. The van der Waals surface area contributed by atoms with Gasteiger partial charge in [0, 0.05) is 25.0 Å². The molecule has 7 nitrogen and oxygen atoms in total. The van der Waals surface area contributed by atoms with Crippen LogP contribution in [0.2, 0.25) is 0 Å². The van der Waals surface area contributed by atoms with E-state index in [4.69, 9.17) is 14.3 Å². The van der Waals surface area contributed by atoms with Gasteiger partial charge in [0.2, 0.25) is 0 Å². The van der Waals surface area contributed by atoms with Gasteiger partial charge in [-0.1, -0.05) is 6.58 Å². The SMILES string of the molecule is C=C(C)C(=O)OCC(=O)OC1CCN(OC(C)(C)C)C(=C=O)C1. The maximum Gasteiger partial charge on any atom is 0.344 e. The summed E-state index contributed by atoms with van der Waals surface area (Å²) in [6.07, 6.45) is 0.239. The van der Waals surface area contributed by atoms with E-state index in [0.717, 1.165) is 0 Å². The van der Waals surface area contributed by atoms with Gasteiger partial charge in [0.15, 0.2) is 6.61 Å². The van der Waals surface area contributed by atoms with Crippen LogP contribution in [0.5, 0.6) is 0 Å². The van der Waals surface area contributed by atoms with Gasteiger partial charge in [0.25, 0.3) is 0 Å². The first-order valence-corrected chi connectivity index (χ1v) is 7.35. The molecule has 23 heavy (non-hydrogen) atoms. The lowest BCUT2D eigenvalue weighted by Crippen LogP contribution is -2.41. The average Bonchev–Trinajstić information content (AvgIpc) is 2.44. The fourth-order valence-electron chi connectivity index (χ4n) is 1.91. The van der Waals surface area contributed by atoms with Gasteiger partial charge in [-0.3, -0.25) is 4.84 Å². The Kier molecular flexibility index (Phi) is 6.54. The van der Waals surface area contributed by atoms with Gasteiger partial charge < -0.3 is 9.47 Å². The molecule has 1 heterocycles. The van der Waals surface area contributed by atoms with Crippen molar-refractivity contribution in [3.8, 4) is 0 Å². The summed E-state index contributed by atoms with van der Waals surface area (Å²) in [6, 6.07) is 0. The summed E-state index contributed by atoms with van der Waals surface area (Å²) < 4.78 is 9.92. The first kappa shape index (κ1) is 18.9. The van der Waals surface area contributed by atoms with E-state index < -0.39 is 30.3 Å². The van der Waals surface area contributed by atoms with Crippen molar-refractivity contribution < 1.29 is 28.7 Å². The smallest absolute Gasteiger partial charge is 0.344 e. The summed E-state index contributed by atoms with van der Waals surface area (Å²) in [7, 11) is 0. The summed E-state index contributed by atoms with van der Waals surface area (Å²) >= 11 is 0. The molecule has 1 aliphatic heterocycles. The molecule has 0 aromatic heterocycles. The molecule has 0 aromatic carbocycles. The van der Waals surface area contributed by atoms with Crippen molar-refractivity contribution in [3.05, 3.63) is 17.8 Å². The van der Waals surface area contributed by atoms with Crippen molar-refractivity contribution in [2.24, 2.45) is 0 Å². The normalized spacial score (nSPS) is 18.2. The van der Waals surface area contributed by atoms with Gasteiger partial charge in [-0.25, -0.2) is 19.4 Å². The van der Waals surface area contributed by atoms with E-state index in [1.807, 2.05) is 26.7 Å². The molecule has 1 fully saturated rings. The fraction of sp³-hybridized carbons (Fsp3) is 0.625. The molecule has 1 atom stereocenters. The number of hydrogen-bond acceptors (Lipinski definition) is 7. The molecule has 0 bridgehead atoms. The number of hydroxylamine groups is 2. The Bertz CT molecular complexity index is 527. The van der Waals surface area contributed by atoms with E-state index in [1.165, 1.54) is 12.0 Å². The van der Waals surface area contributed by atoms with E-state index in [0.29, 0.717) is 18.7 Å². The third-order valence-electron chi connectivity index (χ3n) is 2.85. The van der Waals surface area contributed by atoms with Gasteiger partial charge in [-0.2, -0.15) is 0 Å². The van der Waals surface area contributed by atoms with Crippen LogP contribution in [0.25, 0.3) is 0 Å². The Morgan fingerprint density at radius 3 is 2.57 bits per heavy atom. The number of hydrogen-bond donors (Lipinski definition) is 0. The van der Waals surface area contributed by atoms with Gasteiger partial charge in [-0.05, 0) is 27.7 Å². The zero-order valence-corrected chi connectivity index (χ0v) is 14.0. The van der Waals surface area contributed by atoms with Crippen molar-refractivity contribution in [1.82, 2.24) is 5.06 Å². The summed E-state index contributed by atoms with van der Waals surface area (Å²) in [5.74, 6) is 0.508. The lowest BCUT2D eigenvalue weighted by atomic mass is 10.1. The standard InChI is InChI=1S/C16H23NO6/c1-11(2)15(20)21-10-14(19)22-13-6-7-17(12(8-13)9-18)23-16(3,4)5/h13H,1,6-8,10H2,2-5H3. The van der Waals surface area contributed by atoms with Crippen LogP contribution in [0, 0.1) is 0 Å². The first-order valence-electron chi connectivity index (χ1n) is 7.35. The summed E-state index contributed by atoms with van der Waals surface area (Å²) in [5.41, 5.74) is 0.0575. The fourth-order valence-corrected chi connectivity index (χ4v) is 1.91. The Balaban J connectivity index is 2.49. The number of nitrogens with zero attached hydrogens (tertiary/aromatic N) is 1. The maximum absolute atomic E-state index is 11.7. The maximum atomic E-state index is 11.7. The highest BCUT2D eigenvalue weighted by Crippen LogP contribution is 2.25. The van der Waals surface area contributed by atoms with Crippen LogP contribution >= 0.6 is 0 Å². The monoisotopic (exact) mass is 325 g/mol. The molecule has 0 N–H and O–H groups in total. The number of ether oxygens (including phenoxy) is 2. The van der Waals surface area contributed by atoms with Crippen molar-refractivity contribution >= 4 is 17.9 Å². The van der Waals surface area contributed by atoms with E-state index in [-0.39, 0.29) is 12.0 Å². The Hall–Kier alpha value is -2.11. The van der Waals surface area contributed by atoms with Crippen molar-refractivity contribution in [2.75, 3.05) is 13.2 Å². The molecule has 7 heteroatoms. The molecule has 0 amide bonds. The Morgan fingerprint density at radius 1 is 1.39 bits per heavy atom. The molecule has 1 aliphatic rings. The number of carbonyl (C=O) groups excluding carboxylic acids is 3. The van der Waals surface area contributed by atoms with Crippen LogP contribution in [-0.2, 0) is 28.7 Å². The summed E-state index contributed by atoms with van der Waals surface area (Å²) in [4.78, 5) is 39.6. The Labute approximate surface area is 135 Å². The highest BCUT2D eigenvalue weighted by atomic mass is 16.7. The van der Waals surface area contributed by atoms with Crippen LogP contribution in [-0.4, -0.2) is 47.8 Å². The molecule has 0 aliphatic carbocycles. The predicted octanol–water partition coefficient (Wildman–Crippen LogP) is 1.56. The molecule has 1 saturated heterocycles. The first-order chi connectivity index (χ1) is 10.6. The zero-order valence-electron chi connectivity index (χ0n) is 14.0.